The zero-order valence-electron chi connectivity index (χ0n) is 19.3. The van der Waals surface area contributed by atoms with Crippen LogP contribution in [0.15, 0.2) is 55.2 Å². The van der Waals surface area contributed by atoms with Crippen molar-refractivity contribution in [1.82, 2.24) is 18.8 Å². The van der Waals surface area contributed by atoms with Gasteiger partial charge in [0.2, 0.25) is 10.0 Å². The Bertz CT molecular complexity index is 1300. The lowest BCUT2D eigenvalue weighted by molar-refractivity contribution is 0.256. The van der Waals surface area contributed by atoms with Gasteiger partial charge in [-0.1, -0.05) is 23.7 Å². The summed E-state index contributed by atoms with van der Waals surface area (Å²) in [5.41, 5.74) is 5.92. The summed E-state index contributed by atoms with van der Waals surface area (Å²) in [7, 11) is -3.17. The first kappa shape index (κ1) is 23.3. The molecule has 1 atom stereocenters. The number of aryl methyl sites for hydroxylation is 1. The van der Waals surface area contributed by atoms with Crippen LogP contribution in [-0.4, -0.2) is 46.6 Å². The predicted molar refractivity (Wildman–Crippen MR) is 136 cm³/mol. The summed E-state index contributed by atoms with van der Waals surface area (Å²) in [4.78, 5) is 9.00. The summed E-state index contributed by atoms with van der Waals surface area (Å²) >= 11 is 6.50. The summed E-state index contributed by atoms with van der Waals surface area (Å²) in [6, 6.07) is 10.3. The van der Waals surface area contributed by atoms with Gasteiger partial charge in [0.25, 0.3) is 0 Å². The fraction of sp³-hybridized carbons (Fsp3) is 0.385. The number of allylic oxidation sites excluding steroid dienone is 1. The lowest BCUT2D eigenvalue weighted by Crippen LogP contribution is -2.39. The monoisotopic (exact) mass is 496 g/mol. The van der Waals surface area contributed by atoms with E-state index in [0.29, 0.717) is 19.0 Å². The van der Waals surface area contributed by atoms with Crippen molar-refractivity contribution >= 4 is 33.3 Å². The Balaban J connectivity index is 1.50. The number of piperidine rings is 1. The summed E-state index contributed by atoms with van der Waals surface area (Å²) in [5, 5.41) is 0.726. The van der Waals surface area contributed by atoms with Gasteiger partial charge in [-0.3, -0.25) is 4.98 Å². The highest BCUT2D eigenvalue weighted by Crippen LogP contribution is 2.45. The van der Waals surface area contributed by atoms with Gasteiger partial charge in [0.15, 0.2) is 0 Å². The van der Waals surface area contributed by atoms with E-state index >= 15 is 0 Å². The molecule has 0 amide bonds. The second kappa shape index (κ2) is 9.64. The van der Waals surface area contributed by atoms with Crippen LogP contribution in [0.25, 0.3) is 11.6 Å². The number of halogens is 1. The number of hydrogen-bond donors (Lipinski definition) is 0. The number of pyridine rings is 1. The lowest BCUT2D eigenvalue weighted by Gasteiger charge is -2.35. The van der Waals surface area contributed by atoms with E-state index in [-0.39, 0.29) is 5.92 Å². The summed E-state index contributed by atoms with van der Waals surface area (Å²) < 4.78 is 27.8. The lowest BCUT2D eigenvalue weighted by atomic mass is 9.76. The van der Waals surface area contributed by atoms with Crippen LogP contribution in [0.2, 0.25) is 5.02 Å². The minimum atomic E-state index is -3.17. The quantitative estimate of drug-likeness (QED) is 0.478. The van der Waals surface area contributed by atoms with Crippen molar-refractivity contribution in [2.24, 2.45) is 5.92 Å². The Kier molecular flexibility index (Phi) is 6.60. The molecule has 5 rings (SSSR count). The molecule has 1 unspecified atom stereocenters. The second-order valence-electron chi connectivity index (χ2n) is 9.26. The minimum absolute atomic E-state index is 0.104. The second-order valence-corrected chi connectivity index (χ2v) is 11.7. The Hall–Kier alpha value is -2.48. The number of fused-ring (bicyclic) bond motifs is 2. The van der Waals surface area contributed by atoms with Crippen LogP contribution < -0.4 is 0 Å². The molecule has 1 aromatic carbocycles. The molecule has 1 aliphatic heterocycles. The van der Waals surface area contributed by atoms with Gasteiger partial charge in [-0.15, -0.1) is 0 Å². The van der Waals surface area contributed by atoms with Crippen molar-refractivity contribution in [2.45, 2.75) is 38.1 Å². The molecule has 34 heavy (non-hydrogen) atoms. The predicted octanol–water partition coefficient (Wildman–Crippen LogP) is 5.07. The molecule has 0 spiro atoms. The Morgan fingerprint density at radius 1 is 1.15 bits per heavy atom. The van der Waals surface area contributed by atoms with E-state index in [2.05, 4.69) is 33.8 Å². The number of nitrogens with zero attached hydrogens (tertiary/aromatic N) is 4. The van der Waals surface area contributed by atoms with Gasteiger partial charge in [-0.05, 0) is 78.1 Å². The molecular weight excluding hydrogens is 468 g/mol. The molecule has 1 saturated heterocycles. The third kappa shape index (κ3) is 4.83. The first-order valence-electron chi connectivity index (χ1n) is 11.8. The van der Waals surface area contributed by atoms with Crippen LogP contribution in [0.3, 0.4) is 0 Å². The van der Waals surface area contributed by atoms with Gasteiger partial charge in [-0.2, -0.15) is 0 Å². The van der Waals surface area contributed by atoms with Crippen molar-refractivity contribution in [2.75, 3.05) is 19.3 Å². The first-order chi connectivity index (χ1) is 16.4. The number of benzene rings is 1. The molecule has 2 aromatic heterocycles. The van der Waals surface area contributed by atoms with Gasteiger partial charge < -0.3 is 4.57 Å². The normalized spacial score (nSPS) is 19.2. The molecule has 8 heteroatoms. The van der Waals surface area contributed by atoms with Crippen LogP contribution in [-0.2, 0) is 16.6 Å². The van der Waals surface area contributed by atoms with Crippen LogP contribution in [0.4, 0.5) is 0 Å². The molecule has 1 aliphatic carbocycles. The van der Waals surface area contributed by atoms with E-state index < -0.39 is 10.0 Å². The van der Waals surface area contributed by atoms with Crippen molar-refractivity contribution < 1.29 is 8.42 Å². The number of imidazole rings is 1. The average Bonchev–Trinajstić information content (AvgIpc) is 3.29. The Morgan fingerprint density at radius 2 is 1.97 bits per heavy atom. The largest absolute Gasteiger partial charge is 0.337 e. The van der Waals surface area contributed by atoms with Crippen molar-refractivity contribution in [3.63, 3.8) is 0 Å². The van der Waals surface area contributed by atoms with Crippen LogP contribution in [0, 0.1) is 5.92 Å². The topological polar surface area (TPSA) is 68.1 Å². The minimum Gasteiger partial charge on any atom is -0.337 e. The Morgan fingerprint density at radius 3 is 2.71 bits per heavy atom. The maximum absolute atomic E-state index is 12.1. The van der Waals surface area contributed by atoms with E-state index in [1.54, 1.807) is 4.31 Å². The number of rotatable bonds is 6. The molecule has 0 saturated carbocycles. The molecule has 1 fully saturated rings. The highest BCUT2D eigenvalue weighted by atomic mass is 35.5. The van der Waals surface area contributed by atoms with Gasteiger partial charge in [0, 0.05) is 49.2 Å². The SMILES string of the molecule is CS(=O)(=O)N1CCC(C2c3ccc(Cl)cc3C(CCCn3ccnc3)=Cc3cccnc32)CC1. The first-order valence-corrected chi connectivity index (χ1v) is 14.0. The summed E-state index contributed by atoms with van der Waals surface area (Å²) in [5.74, 6) is 0.415. The van der Waals surface area contributed by atoms with Gasteiger partial charge in [-0.25, -0.2) is 17.7 Å². The van der Waals surface area contributed by atoms with Crippen LogP contribution in [0.5, 0.6) is 0 Å². The number of hydrogen-bond acceptors (Lipinski definition) is 4. The molecule has 3 heterocycles. The molecule has 0 bridgehead atoms. The van der Waals surface area contributed by atoms with E-state index in [9.17, 15) is 8.42 Å². The maximum Gasteiger partial charge on any atom is 0.211 e. The molecule has 178 valence electrons. The molecule has 6 nitrogen and oxygen atoms in total. The molecule has 3 aromatic rings. The van der Waals surface area contributed by atoms with Crippen molar-refractivity contribution in [1.29, 1.82) is 0 Å². The number of aromatic nitrogens is 3. The van der Waals surface area contributed by atoms with Crippen LogP contribution >= 0.6 is 11.6 Å². The summed E-state index contributed by atoms with van der Waals surface area (Å²) in [6.07, 6.45) is 14.6. The third-order valence-electron chi connectivity index (χ3n) is 7.05. The number of sulfonamides is 1. The zero-order chi connectivity index (χ0) is 23.7. The Labute approximate surface area is 206 Å². The smallest absolute Gasteiger partial charge is 0.211 e. The fourth-order valence-electron chi connectivity index (χ4n) is 5.40. The fourth-order valence-corrected chi connectivity index (χ4v) is 6.44. The average molecular weight is 497 g/mol. The highest BCUT2D eigenvalue weighted by Gasteiger charge is 2.35. The van der Waals surface area contributed by atoms with Crippen LogP contribution in [0.1, 0.15) is 54.0 Å². The third-order valence-corrected chi connectivity index (χ3v) is 8.59. The van der Waals surface area contributed by atoms with E-state index in [1.165, 1.54) is 23.0 Å². The zero-order valence-corrected chi connectivity index (χ0v) is 20.8. The van der Waals surface area contributed by atoms with Crippen molar-refractivity contribution in [3.05, 3.63) is 82.7 Å². The standard InChI is InChI=1S/C26H29ClN4O2S/c1-34(32,33)31-13-8-19(9-14-31)25-23-7-6-22(27)17-24(23)20(5-3-12-30-15-11-28-18-30)16-21-4-2-10-29-26(21)25/h2,4,6-7,10-11,15-19,25H,3,5,8-9,12-14H2,1H3. The van der Waals surface area contributed by atoms with E-state index in [4.69, 9.17) is 16.6 Å². The van der Waals surface area contributed by atoms with Crippen molar-refractivity contribution in [3.8, 4) is 0 Å². The highest BCUT2D eigenvalue weighted by molar-refractivity contribution is 7.88. The van der Waals surface area contributed by atoms with E-state index in [1.807, 2.05) is 37.1 Å². The molecule has 0 N–H and O–H groups in total. The van der Waals surface area contributed by atoms with Gasteiger partial charge in [0.05, 0.1) is 18.3 Å². The molecular formula is C26H29ClN4O2S. The molecule has 2 aliphatic rings. The van der Waals surface area contributed by atoms with Gasteiger partial charge in [0.1, 0.15) is 0 Å². The molecule has 0 radical (unpaired) electrons. The van der Waals surface area contributed by atoms with E-state index in [0.717, 1.165) is 48.5 Å². The summed E-state index contributed by atoms with van der Waals surface area (Å²) in [6.45, 7) is 2.01. The van der Waals surface area contributed by atoms with Gasteiger partial charge >= 0.3 is 0 Å². The maximum atomic E-state index is 12.1.